The summed E-state index contributed by atoms with van der Waals surface area (Å²) in [6.45, 7) is 10.5. The quantitative estimate of drug-likeness (QED) is 0.705. The van der Waals surface area contributed by atoms with Gasteiger partial charge < -0.3 is 14.4 Å². The van der Waals surface area contributed by atoms with E-state index in [2.05, 4.69) is 39.9 Å². The van der Waals surface area contributed by atoms with Crippen molar-refractivity contribution in [3.63, 3.8) is 0 Å². The van der Waals surface area contributed by atoms with E-state index >= 15 is 0 Å². The van der Waals surface area contributed by atoms with Crippen LogP contribution in [0.25, 0.3) is 0 Å². The molecule has 0 aromatic heterocycles. The lowest BCUT2D eigenvalue weighted by Gasteiger charge is -2.37. The third-order valence-corrected chi connectivity index (χ3v) is 5.16. The summed E-state index contributed by atoms with van der Waals surface area (Å²) < 4.78 is 12.2. The number of piperidine rings is 1. The molecule has 1 amide bonds. The molecule has 1 aliphatic rings. The van der Waals surface area contributed by atoms with Crippen molar-refractivity contribution >= 4 is 22.0 Å². The first-order valence-corrected chi connectivity index (χ1v) is 9.91. The standard InChI is InChI=1S/C20H31BrN2O3/c1-14-11-16(21)12-15(18(14)25-6)13-23-9-7-17(8-10-23)22(5)19(24)26-20(2,3)4/h11-12,17H,7-10,13H2,1-6H3. The third-order valence-electron chi connectivity index (χ3n) is 4.70. The largest absolute Gasteiger partial charge is 0.496 e. The van der Waals surface area contributed by atoms with Crippen LogP contribution in [-0.4, -0.2) is 54.8 Å². The van der Waals surface area contributed by atoms with E-state index in [0.717, 1.165) is 48.3 Å². The maximum absolute atomic E-state index is 12.3. The van der Waals surface area contributed by atoms with E-state index in [0.29, 0.717) is 0 Å². The molecule has 0 saturated carbocycles. The molecule has 2 rings (SSSR count). The molecule has 1 saturated heterocycles. The Bertz CT molecular complexity index is 635. The van der Waals surface area contributed by atoms with E-state index in [9.17, 15) is 4.79 Å². The van der Waals surface area contributed by atoms with Crippen LogP contribution < -0.4 is 4.74 Å². The van der Waals surface area contributed by atoms with E-state index in [1.807, 2.05) is 27.8 Å². The zero-order chi connectivity index (χ0) is 19.5. The molecule has 1 aromatic carbocycles. The molecule has 1 aliphatic heterocycles. The zero-order valence-corrected chi connectivity index (χ0v) is 18.4. The number of nitrogens with zero attached hydrogens (tertiary/aromatic N) is 2. The number of rotatable bonds is 4. The van der Waals surface area contributed by atoms with E-state index in [-0.39, 0.29) is 12.1 Å². The minimum Gasteiger partial charge on any atom is -0.496 e. The Morgan fingerprint density at radius 3 is 2.46 bits per heavy atom. The lowest BCUT2D eigenvalue weighted by Crippen LogP contribution is -2.46. The predicted octanol–water partition coefficient (Wildman–Crippen LogP) is 4.60. The van der Waals surface area contributed by atoms with Crippen LogP contribution in [0.5, 0.6) is 5.75 Å². The SMILES string of the molecule is COc1c(C)cc(Br)cc1CN1CCC(N(C)C(=O)OC(C)(C)C)CC1. The zero-order valence-electron chi connectivity index (χ0n) is 16.8. The van der Waals surface area contributed by atoms with E-state index in [1.165, 1.54) is 5.56 Å². The van der Waals surface area contributed by atoms with Crippen LogP contribution in [0.2, 0.25) is 0 Å². The van der Waals surface area contributed by atoms with Gasteiger partial charge in [0.15, 0.2) is 0 Å². The van der Waals surface area contributed by atoms with Crippen molar-refractivity contribution in [1.82, 2.24) is 9.80 Å². The van der Waals surface area contributed by atoms with Crippen molar-refractivity contribution in [2.75, 3.05) is 27.2 Å². The molecule has 0 spiro atoms. The Morgan fingerprint density at radius 2 is 1.92 bits per heavy atom. The lowest BCUT2D eigenvalue weighted by molar-refractivity contribution is 0.0148. The summed E-state index contributed by atoms with van der Waals surface area (Å²) in [7, 11) is 3.57. The van der Waals surface area contributed by atoms with Gasteiger partial charge in [-0.25, -0.2) is 4.79 Å². The third kappa shape index (κ3) is 5.61. The van der Waals surface area contributed by atoms with Crippen LogP contribution in [0.1, 0.15) is 44.7 Å². The number of amides is 1. The number of hydrogen-bond donors (Lipinski definition) is 0. The summed E-state index contributed by atoms with van der Waals surface area (Å²) in [4.78, 5) is 16.4. The summed E-state index contributed by atoms with van der Waals surface area (Å²) in [6.07, 6.45) is 1.66. The van der Waals surface area contributed by atoms with Gasteiger partial charge in [-0.2, -0.15) is 0 Å². The van der Waals surface area contributed by atoms with E-state index in [1.54, 1.807) is 12.0 Å². The Hall–Kier alpha value is -1.27. The Kier molecular flexibility index (Phi) is 6.97. The molecule has 0 aliphatic carbocycles. The van der Waals surface area contributed by atoms with Gasteiger partial charge in [0.2, 0.25) is 0 Å². The highest BCUT2D eigenvalue weighted by Gasteiger charge is 2.28. The van der Waals surface area contributed by atoms with Gasteiger partial charge >= 0.3 is 6.09 Å². The van der Waals surface area contributed by atoms with Gasteiger partial charge in [0, 0.05) is 42.8 Å². The number of carbonyl (C=O) groups is 1. The molecule has 0 atom stereocenters. The normalized spacial score (nSPS) is 16.4. The maximum Gasteiger partial charge on any atom is 0.410 e. The Labute approximate surface area is 165 Å². The fourth-order valence-corrected chi connectivity index (χ4v) is 4.02. The van der Waals surface area contributed by atoms with E-state index in [4.69, 9.17) is 9.47 Å². The van der Waals surface area contributed by atoms with Crippen molar-refractivity contribution in [2.45, 2.75) is 58.7 Å². The minimum absolute atomic E-state index is 0.229. The van der Waals surface area contributed by atoms with Crippen LogP contribution >= 0.6 is 15.9 Å². The van der Waals surface area contributed by atoms with Crippen molar-refractivity contribution < 1.29 is 14.3 Å². The van der Waals surface area contributed by atoms with Gasteiger partial charge in [0.25, 0.3) is 0 Å². The fraction of sp³-hybridized carbons (Fsp3) is 0.650. The van der Waals surface area contributed by atoms with Crippen LogP contribution in [-0.2, 0) is 11.3 Å². The molecule has 1 heterocycles. The van der Waals surface area contributed by atoms with Crippen LogP contribution in [0.15, 0.2) is 16.6 Å². The van der Waals surface area contributed by atoms with Crippen molar-refractivity contribution in [2.24, 2.45) is 0 Å². The highest BCUT2D eigenvalue weighted by Crippen LogP contribution is 2.30. The second kappa shape index (κ2) is 8.61. The number of hydrogen-bond acceptors (Lipinski definition) is 4. The van der Waals surface area contributed by atoms with E-state index < -0.39 is 5.60 Å². The molecule has 0 N–H and O–H groups in total. The first kappa shape index (κ1) is 21.0. The topological polar surface area (TPSA) is 42.0 Å². The number of ether oxygens (including phenoxy) is 2. The van der Waals surface area contributed by atoms with Crippen molar-refractivity contribution in [3.8, 4) is 5.75 Å². The Balaban J connectivity index is 1.94. The average molecular weight is 427 g/mol. The molecule has 6 heteroatoms. The number of aryl methyl sites for hydroxylation is 1. The number of carbonyl (C=O) groups excluding carboxylic acids is 1. The molecule has 0 unspecified atom stereocenters. The number of likely N-dealkylation sites (tertiary alicyclic amines) is 1. The number of halogens is 1. The number of methoxy groups -OCH3 is 1. The van der Waals surface area contributed by atoms with Gasteiger partial charge in [-0.15, -0.1) is 0 Å². The van der Waals surface area contributed by atoms with Gasteiger partial charge in [-0.1, -0.05) is 15.9 Å². The van der Waals surface area contributed by atoms with Gasteiger partial charge in [-0.3, -0.25) is 4.90 Å². The minimum atomic E-state index is -0.457. The molecular weight excluding hydrogens is 396 g/mol. The first-order valence-electron chi connectivity index (χ1n) is 9.12. The van der Waals surface area contributed by atoms with Gasteiger partial charge in [-0.05, 0) is 58.2 Å². The average Bonchev–Trinajstić information content (AvgIpc) is 2.53. The molecular formula is C20H31BrN2O3. The second-order valence-electron chi connectivity index (χ2n) is 8.01. The smallest absolute Gasteiger partial charge is 0.410 e. The molecule has 5 nitrogen and oxygen atoms in total. The highest BCUT2D eigenvalue weighted by molar-refractivity contribution is 9.10. The predicted molar refractivity (Wildman–Crippen MR) is 108 cm³/mol. The molecule has 0 radical (unpaired) electrons. The maximum atomic E-state index is 12.3. The van der Waals surface area contributed by atoms with Crippen LogP contribution in [0, 0.1) is 6.92 Å². The molecule has 1 aromatic rings. The summed E-state index contributed by atoms with van der Waals surface area (Å²) in [5.41, 5.74) is 1.87. The van der Waals surface area contributed by atoms with Gasteiger partial charge in [0.1, 0.15) is 11.4 Å². The van der Waals surface area contributed by atoms with Gasteiger partial charge in [0.05, 0.1) is 7.11 Å². The first-order chi connectivity index (χ1) is 12.1. The van der Waals surface area contributed by atoms with Crippen LogP contribution in [0.4, 0.5) is 4.79 Å². The second-order valence-corrected chi connectivity index (χ2v) is 8.93. The monoisotopic (exact) mass is 426 g/mol. The molecule has 1 fully saturated rings. The summed E-state index contributed by atoms with van der Waals surface area (Å²) in [5.74, 6) is 0.959. The van der Waals surface area contributed by atoms with Crippen molar-refractivity contribution in [3.05, 3.63) is 27.7 Å². The number of benzene rings is 1. The van der Waals surface area contributed by atoms with Crippen molar-refractivity contribution in [1.29, 1.82) is 0 Å². The summed E-state index contributed by atoms with van der Waals surface area (Å²) in [5, 5.41) is 0. The summed E-state index contributed by atoms with van der Waals surface area (Å²) in [6, 6.07) is 4.43. The Morgan fingerprint density at radius 1 is 1.31 bits per heavy atom. The molecule has 26 heavy (non-hydrogen) atoms. The molecule has 146 valence electrons. The summed E-state index contributed by atoms with van der Waals surface area (Å²) >= 11 is 3.58. The lowest BCUT2D eigenvalue weighted by atomic mass is 10.0. The molecule has 0 bridgehead atoms. The fourth-order valence-electron chi connectivity index (χ4n) is 3.40. The van der Waals surface area contributed by atoms with Crippen LogP contribution in [0.3, 0.4) is 0 Å². The highest BCUT2D eigenvalue weighted by atomic mass is 79.9.